The van der Waals surface area contributed by atoms with Crippen LogP contribution in [0.2, 0.25) is 0 Å². The number of amides is 3. The number of piperidine rings is 1. The van der Waals surface area contributed by atoms with E-state index >= 15 is 0 Å². The lowest BCUT2D eigenvalue weighted by atomic mass is 9.90. The van der Waals surface area contributed by atoms with E-state index in [0.29, 0.717) is 69.0 Å². The second-order valence-corrected chi connectivity index (χ2v) is 14.7. The largest absolute Gasteiger partial charge is 0.493 e. The molecule has 1 saturated carbocycles. The van der Waals surface area contributed by atoms with Crippen LogP contribution < -0.4 is 9.47 Å². The van der Waals surface area contributed by atoms with Gasteiger partial charge in [0.25, 0.3) is 5.91 Å². The summed E-state index contributed by atoms with van der Waals surface area (Å²) in [7, 11) is 3.21. The summed E-state index contributed by atoms with van der Waals surface area (Å²) in [6, 6.07) is 7.10. The quantitative estimate of drug-likeness (QED) is 0.209. The summed E-state index contributed by atoms with van der Waals surface area (Å²) in [5.41, 5.74) is -0.951. The highest BCUT2D eigenvalue weighted by atomic mass is 16.6. The fourth-order valence-electron chi connectivity index (χ4n) is 6.06. The van der Waals surface area contributed by atoms with Crippen LogP contribution in [0.3, 0.4) is 0 Å². The van der Waals surface area contributed by atoms with Gasteiger partial charge < -0.3 is 33.6 Å². The van der Waals surface area contributed by atoms with Crippen molar-refractivity contribution in [2.45, 2.75) is 123 Å². The first kappa shape index (κ1) is 37.9. The molecule has 0 unspecified atom stereocenters. The Labute approximate surface area is 281 Å². The number of ether oxygens (including phenoxy) is 4. The Balaban J connectivity index is 1.81. The minimum atomic E-state index is -0.738. The van der Waals surface area contributed by atoms with E-state index in [-0.39, 0.29) is 42.4 Å². The lowest BCUT2D eigenvalue weighted by Crippen LogP contribution is -2.58. The topological polar surface area (TPSA) is 122 Å². The van der Waals surface area contributed by atoms with Crippen LogP contribution in [0.15, 0.2) is 18.2 Å². The maximum Gasteiger partial charge on any atom is 0.410 e. The third-order valence-electron chi connectivity index (χ3n) is 8.56. The molecular formula is C36H56N4O7. The molecule has 0 aromatic heterocycles. The van der Waals surface area contributed by atoms with Gasteiger partial charge in [0.05, 0.1) is 31.2 Å². The summed E-state index contributed by atoms with van der Waals surface area (Å²) in [6.45, 7) is 14.9. The average Bonchev–Trinajstić information content (AvgIpc) is 3.84. The van der Waals surface area contributed by atoms with Gasteiger partial charge in [0.15, 0.2) is 11.5 Å². The number of nitrogens with zero attached hydrogens (tertiary/aromatic N) is 4. The van der Waals surface area contributed by atoms with Gasteiger partial charge in [-0.3, -0.25) is 9.59 Å². The van der Waals surface area contributed by atoms with Gasteiger partial charge in [-0.2, -0.15) is 5.26 Å². The predicted molar refractivity (Wildman–Crippen MR) is 179 cm³/mol. The highest BCUT2D eigenvalue weighted by Gasteiger charge is 2.41. The molecule has 3 rings (SSSR count). The Kier molecular flexibility index (Phi) is 13.3. The second-order valence-electron chi connectivity index (χ2n) is 14.7. The van der Waals surface area contributed by atoms with Crippen molar-refractivity contribution >= 4 is 17.9 Å². The Morgan fingerprint density at radius 2 is 1.68 bits per heavy atom. The van der Waals surface area contributed by atoms with Gasteiger partial charge >= 0.3 is 6.09 Å². The molecule has 1 aromatic carbocycles. The monoisotopic (exact) mass is 656 g/mol. The van der Waals surface area contributed by atoms with E-state index in [1.54, 1.807) is 51.2 Å². The Hall–Kier alpha value is -3.52. The number of likely N-dealkylation sites (tertiary alicyclic amines) is 1. The molecular weight excluding hydrogens is 600 g/mol. The number of methoxy groups -OCH3 is 2. The fourth-order valence-corrected chi connectivity index (χ4v) is 6.06. The number of benzene rings is 1. The van der Waals surface area contributed by atoms with Crippen molar-refractivity contribution in [1.82, 2.24) is 14.7 Å². The number of carbonyl (C=O) groups is 3. The zero-order chi connectivity index (χ0) is 34.9. The molecule has 2 fully saturated rings. The minimum absolute atomic E-state index is 0.0188. The predicted octanol–water partition coefficient (Wildman–Crippen LogP) is 6.05. The van der Waals surface area contributed by atoms with Crippen LogP contribution in [0.25, 0.3) is 0 Å². The average molecular weight is 657 g/mol. The van der Waals surface area contributed by atoms with E-state index in [4.69, 9.17) is 18.9 Å². The van der Waals surface area contributed by atoms with Crippen molar-refractivity contribution < 1.29 is 33.3 Å². The van der Waals surface area contributed by atoms with E-state index in [1.165, 1.54) is 0 Å². The van der Waals surface area contributed by atoms with E-state index in [0.717, 1.165) is 12.8 Å². The zero-order valence-electron chi connectivity index (χ0n) is 30.0. The lowest BCUT2D eigenvalue weighted by molar-refractivity contribution is -0.133. The molecule has 1 aromatic rings. The first-order valence-corrected chi connectivity index (χ1v) is 16.9. The third-order valence-corrected chi connectivity index (χ3v) is 8.56. The molecule has 1 saturated heterocycles. The molecule has 47 heavy (non-hydrogen) atoms. The van der Waals surface area contributed by atoms with Gasteiger partial charge in [-0.05, 0) is 98.8 Å². The van der Waals surface area contributed by atoms with E-state index < -0.39 is 17.1 Å². The van der Waals surface area contributed by atoms with Gasteiger partial charge in [-0.1, -0.05) is 0 Å². The van der Waals surface area contributed by atoms with E-state index in [9.17, 15) is 19.6 Å². The van der Waals surface area contributed by atoms with E-state index in [2.05, 4.69) is 6.07 Å². The number of hydrogen-bond donors (Lipinski definition) is 0. The fraction of sp³-hybridized carbons (Fsp3) is 0.722. The molecule has 2 atom stereocenters. The normalized spacial score (nSPS) is 18.4. The van der Waals surface area contributed by atoms with Crippen LogP contribution in [0.1, 0.15) is 104 Å². The first-order chi connectivity index (χ1) is 22.1. The van der Waals surface area contributed by atoms with Crippen molar-refractivity contribution in [2.75, 3.05) is 40.5 Å². The number of carbonyl (C=O) groups excluding carboxylic acids is 3. The summed E-state index contributed by atoms with van der Waals surface area (Å²) in [5.74, 6) is 0.865. The van der Waals surface area contributed by atoms with Gasteiger partial charge in [-0.25, -0.2) is 4.79 Å². The molecule has 1 aliphatic carbocycles. The zero-order valence-corrected chi connectivity index (χ0v) is 30.0. The van der Waals surface area contributed by atoms with Crippen LogP contribution in [0.4, 0.5) is 4.79 Å². The summed E-state index contributed by atoms with van der Waals surface area (Å²) in [5, 5.41) is 9.49. The second kappa shape index (κ2) is 16.5. The van der Waals surface area contributed by atoms with Crippen molar-refractivity contribution in [3.63, 3.8) is 0 Å². The number of nitriles is 1. The van der Waals surface area contributed by atoms with E-state index in [1.807, 2.05) is 44.4 Å². The molecule has 262 valence electrons. The number of hydrogen-bond acceptors (Lipinski definition) is 8. The molecule has 11 heteroatoms. The number of rotatable bonds is 15. The van der Waals surface area contributed by atoms with Crippen LogP contribution in [-0.4, -0.2) is 103 Å². The standard InChI is InChI=1S/C36H56N4O7/c1-25(2)40(33(42)26-11-16-30(45-9)31(21-26)46-20-10-19-44-8)29-15-14-28(39(23-29)34(43)47-35(3,4)5)17-18-38(27-12-13-27)32(41)22-36(6,7)24-37/h11,16,21,25,27-29H,10,12-15,17-20,22-23H2,1-9H3/t28-,29-/m1/s1. The molecule has 2 aliphatic rings. The summed E-state index contributed by atoms with van der Waals surface area (Å²) >= 11 is 0. The highest BCUT2D eigenvalue weighted by molar-refractivity contribution is 5.95. The molecule has 0 N–H and O–H groups in total. The maximum atomic E-state index is 14.1. The highest BCUT2D eigenvalue weighted by Crippen LogP contribution is 2.34. The van der Waals surface area contributed by atoms with Crippen molar-refractivity contribution in [3.8, 4) is 17.6 Å². The van der Waals surface area contributed by atoms with Crippen LogP contribution in [0, 0.1) is 16.7 Å². The molecule has 1 aliphatic heterocycles. The molecule has 11 nitrogen and oxygen atoms in total. The molecule has 0 bridgehead atoms. The minimum Gasteiger partial charge on any atom is -0.493 e. The van der Waals surface area contributed by atoms with Crippen molar-refractivity contribution in [3.05, 3.63) is 23.8 Å². The molecule has 0 spiro atoms. The van der Waals surface area contributed by atoms with Crippen LogP contribution in [0.5, 0.6) is 11.5 Å². The third kappa shape index (κ3) is 11.0. The van der Waals surface area contributed by atoms with Gasteiger partial charge in [0, 0.05) is 63.3 Å². The summed E-state index contributed by atoms with van der Waals surface area (Å²) in [4.78, 5) is 46.6. The van der Waals surface area contributed by atoms with Crippen molar-refractivity contribution in [1.29, 1.82) is 5.26 Å². The molecule has 3 amide bonds. The lowest BCUT2D eigenvalue weighted by Gasteiger charge is -2.45. The van der Waals surface area contributed by atoms with Crippen LogP contribution in [-0.2, 0) is 14.3 Å². The Bertz CT molecular complexity index is 1260. The SMILES string of the molecule is COCCCOc1cc(C(=O)N(C(C)C)[C@@H]2CC[C@H](CCN(C(=O)CC(C)(C)C#N)C3CC3)N(C(=O)OC(C)(C)C)C2)ccc1OC. The van der Waals surface area contributed by atoms with Gasteiger partial charge in [0.1, 0.15) is 5.60 Å². The maximum absolute atomic E-state index is 14.1. The molecule has 1 heterocycles. The van der Waals surface area contributed by atoms with Gasteiger partial charge in [-0.15, -0.1) is 0 Å². The smallest absolute Gasteiger partial charge is 0.410 e. The Morgan fingerprint density at radius 1 is 1.00 bits per heavy atom. The Morgan fingerprint density at radius 3 is 2.26 bits per heavy atom. The summed E-state index contributed by atoms with van der Waals surface area (Å²) < 4.78 is 22.4. The molecule has 0 radical (unpaired) electrons. The van der Waals surface area contributed by atoms with Gasteiger partial charge in [0.2, 0.25) is 5.91 Å². The van der Waals surface area contributed by atoms with Crippen molar-refractivity contribution in [2.24, 2.45) is 5.41 Å². The summed E-state index contributed by atoms with van der Waals surface area (Å²) in [6.07, 6.45) is 4.31. The van der Waals surface area contributed by atoms with Crippen LogP contribution >= 0.6 is 0 Å². The first-order valence-electron chi connectivity index (χ1n) is 16.9.